The number of rotatable bonds is 5. The first kappa shape index (κ1) is 14.4. The molecule has 23 heavy (non-hydrogen) atoms. The summed E-state index contributed by atoms with van der Waals surface area (Å²) < 4.78 is 10.7. The second kappa shape index (κ2) is 6.14. The fourth-order valence-corrected chi connectivity index (χ4v) is 3.39. The number of nitrogens with zero attached hydrogens (tertiary/aromatic N) is 3. The minimum atomic E-state index is 0.219. The minimum Gasteiger partial charge on any atom is -0.497 e. The maximum absolute atomic E-state index is 5.48. The van der Waals surface area contributed by atoms with Crippen LogP contribution in [-0.4, -0.2) is 28.7 Å². The highest BCUT2D eigenvalue weighted by molar-refractivity contribution is 7.08. The maximum atomic E-state index is 5.48. The summed E-state index contributed by atoms with van der Waals surface area (Å²) in [4.78, 5) is 6.92. The molecule has 0 radical (unpaired) electrons. The van der Waals surface area contributed by atoms with Gasteiger partial charge in [-0.25, -0.2) is 0 Å². The lowest BCUT2D eigenvalue weighted by Crippen LogP contribution is -2.40. The molecule has 0 N–H and O–H groups in total. The van der Waals surface area contributed by atoms with Crippen LogP contribution < -0.4 is 4.74 Å². The van der Waals surface area contributed by atoms with E-state index in [2.05, 4.69) is 27.2 Å². The van der Waals surface area contributed by atoms with Crippen LogP contribution in [-0.2, 0) is 6.54 Å². The molecule has 0 saturated carbocycles. The molecule has 1 atom stereocenters. The molecule has 3 heterocycles. The Labute approximate surface area is 138 Å². The predicted molar refractivity (Wildman–Crippen MR) is 88.4 cm³/mol. The Morgan fingerprint density at radius 1 is 1.30 bits per heavy atom. The van der Waals surface area contributed by atoms with Crippen LogP contribution in [0.2, 0.25) is 0 Å². The molecule has 0 aliphatic carbocycles. The molecule has 0 amide bonds. The Kier molecular flexibility index (Phi) is 3.85. The third kappa shape index (κ3) is 2.87. The number of hydrogen-bond acceptors (Lipinski definition) is 6. The molecular formula is C17H17N3O2S. The topological polar surface area (TPSA) is 51.4 Å². The average Bonchev–Trinajstić information content (AvgIpc) is 3.23. The summed E-state index contributed by atoms with van der Waals surface area (Å²) in [6, 6.07) is 10.4. The van der Waals surface area contributed by atoms with Gasteiger partial charge in [0.25, 0.3) is 0 Å². The van der Waals surface area contributed by atoms with Crippen LogP contribution in [0.4, 0.5) is 0 Å². The summed E-state index contributed by atoms with van der Waals surface area (Å²) in [5.74, 6) is 2.27. The zero-order valence-corrected chi connectivity index (χ0v) is 13.6. The second-order valence-corrected chi connectivity index (χ2v) is 6.37. The molecule has 0 spiro atoms. The average molecular weight is 327 g/mol. The number of likely N-dealkylation sites (tertiary alicyclic amines) is 1. The van der Waals surface area contributed by atoms with Crippen molar-refractivity contribution in [2.75, 3.05) is 13.7 Å². The molecule has 3 aromatic rings. The monoisotopic (exact) mass is 327 g/mol. The third-order valence-corrected chi connectivity index (χ3v) is 4.86. The van der Waals surface area contributed by atoms with E-state index in [4.69, 9.17) is 9.26 Å². The Bertz CT molecular complexity index is 768. The summed E-state index contributed by atoms with van der Waals surface area (Å²) >= 11 is 1.63. The van der Waals surface area contributed by atoms with Gasteiger partial charge in [0.1, 0.15) is 5.75 Å². The first-order valence-corrected chi connectivity index (χ1v) is 8.51. The van der Waals surface area contributed by atoms with Crippen LogP contribution in [0.15, 0.2) is 45.6 Å². The lowest BCUT2D eigenvalue weighted by Gasteiger charge is -2.38. The molecule has 5 nitrogen and oxygen atoms in total. The summed E-state index contributed by atoms with van der Waals surface area (Å²) in [6.07, 6.45) is 1.06. The lowest BCUT2D eigenvalue weighted by molar-refractivity contribution is 0.0561. The van der Waals surface area contributed by atoms with Crippen molar-refractivity contribution in [3.8, 4) is 17.1 Å². The fraction of sp³-hybridized carbons (Fsp3) is 0.294. The second-order valence-electron chi connectivity index (χ2n) is 5.59. The van der Waals surface area contributed by atoms with Crippen molar-refractivity contribution in [1.29, 1.82) is 0 Å². The number of thiophene rings is 1. The number of methoxy groups -OCH3 is 1. The lowest BCUT2D eigenvalue weighted by atomic mass is 10.0. The van der Waals surface area contributed by atoms with Crippen LogP contribution in [0, 0.1) is 0 Å². The van der Waals surface area contributed by atoms with E-state index in [-0.39, 0.29) is 6.04 Å². The van der Waals surface area contributed by atoms with Gasteiger partial charge in [0.2, 0.25) is 11.7 Å². The van der Waals surface area contributed by atoms with Crippen LogP contribution in [0.5, 0.6) is 5.75 Å². The van der Waals surface area contributed by atoms with Gasteiger partial charge in [-0.05, 0) is 35.6 Å². The number of aromatic nitrogens is 2. The van der Waals surface area contributed by atoms with Crippen molar-refractivity contribution in [3.63, 3.8) is 0 Å². The van der Waals surface area contributed by atoms with Crippen LogP contribution >= 0.6 is 11.3 Å². The van der Waals surface area contributed by atoms with E-state index < -0.39 is 0 Å². The van der Waals surface area contributed by atoms with E-state index in [9.17, 15) is 0 Å². The van der Waals surface area contributed by atoms with Gasteiger partial charge in [0.05, 0.1) is 13.2 Å². The van der Waals surface area contributed by atoms with Gasteiger partial charge in [-0.3, -0.25) is 4.90 Å². The zero-order valence-electron chi connectivity index (χ0n) is 12.8. The standard InChI is InChI=1S/C17H17N3O2S/c1-21-14-4-2-12(3-5-14)10-20-8-6-15(20)17-18-16(19-22-17)13-7-9-23-11-13/h2-5,7,9,11,15H,6,8,10H2,1H3. The SMILES string of the molecule is COc1ccc(CN2CCC2c2nc(-c3ccsc3)no2)cc1. The van der Waals surface area contributed by atoms with E-state index in [1.165, 1.54) is 5.56 Å². The summed E-state index contributed by atoms with van der Waals surface area (Å²) in [6.45, 7) is 1.93. The molecule has 1 aliphatic heterocycles. The van der Waals surface area contributed by atoms with Crippen LogP contribution in [0.3, 0.4) is 0 Å². The Balaban J connectivity index is 1.45. The normalized spacial score (nSPS) is 17.9. The van der Waals surface area contributed by atoms with E-state index >= 15 is 0 Å². The zero-order chi connectivity index (χ0) is 15.6. The molecule has 2 aromatic heterocycles. The summed E-state index contributed by atoms with van der Waals surface area (Å²) in [7, 11) is 1.68. The van der Waals surface area contributed by atoms with Crippen molar-refractivity contribution in [1.82, 2.24) is 15.0 Å². The third-order valence-electron chi connectivity index (χ3n) is 4.18. The maximum Gasteiger partial charge on any atom is 0.244 e. The minimum absolute atomic E-state index is 0.219. The fourth-order valence-electron chi connectivity index (χ4n) is 2.75. The molecule has 1 aromatic carbocycles. The highest BCUT2D eigenvalue weighted by Crippen LogP contribution is 2.34. The Hall–Kier alpha value is -2.18. The Morgan fingerprint density at radius 3 is 2.83 bits per heavy atom. The van der Waals surface area contributed by atoms with E-state index in [0.717, 1.165) is 30.8 Å². The van der Waals surface area contributed by atoms with Gasteiger partial charge >= 0.3 is 0 Å². The van der Waals surface area contributed by atoms with Gasteiger partial charge in [0, 0.05) is 24.0 Å². The molecule has 1 fully saturated rings. The highest BCUT2D eigenvalue weighted by atomic mass is 32.1. The number of hydrogen-bond donors (Lipinski definition) is 0. The predicted octanol–water partition coefficient (Wildman–Crippen LogP) is 3.75. The van der Waals surface area contributed by atoms with Crippen molar-refractivity contribution < 1.29 is 9.26 Å². The van der Waals surface area contributed by atoms with Crippen molar-refractivity contribution in [3.05, 3.63) is 52.5 Å². The first-order chi connectivity index (χ1) is 11.3. The van der Waals surface area contributed by atoms with Gasteiger partial charge in [-0.15, -0.1) is 0 Å². The van der Waals surface area contributed by atoms with E-state index in [1.807, 2.05) is 29.0 Å². The molecular weight excluding hydrogens is 310 g/mol. The molecule has 0 bridgehead atoms. The van der Waals surface area contributed by atoms with Gasteiger partial charge < -0.3 is 9.26 Å². The smallest absolute Gasteiger partial charge is 0.244 e. The van der Waals surface area contributed by atoms with Crippen molar-refractivity contribution >= 4 is 11.3 Å². The van der Waals surface area contributed by atoms with Gasteiger partial charge in [-0.1, -0.05) is 17.3 Å². The Morgan fingerprint density at radius 2 is 2.17 bits per heavy atom. The highest BCUT2D eigenvalue weighted by Gasteiger charge is 2.34. The summed E-state index contributed by atoms with van der Waals surface area (Å²) in [5.41, 5.74) is 2.28. The molecule has 4 rings (SSSR count). The van der Waals surface area contributed by atoms with Crippen LogP contribution in [0.25, 0.3) is 11.4 Å². The van der Waals surface area contributed by atoms with Crippen molar-refractivity contribution in [2.45, 2.75) is 19.0 Å². The van der Waals surface area contributed by atoms with Gasteiger partial charge in [-0.2, -0.15) is 16.3 Å². The van der Waals surface area contributed by atoms with E-state index in [0.29, 0.717) is 11.7 Å². The molecule has 1 unspecified atom stereocenters. The van der Waals surface area contributed by atoms with Gasteiger partial charge in [0.15, 0.2) is 0 Å². The largest absolute Gasteiger partial charge is 0.497 e. The quantitative estimate of drug-likeness (QED) is 0.714. The summed E-state index contributed by atoms with van der Waals surface area (Å²) in [5, 5.41) is 8.15. The molecule has 1 aliphatic rings. The van der Waals surface area contributed by atoms with Crippen LogP contribution in [0.1, 0.15) is 23.9 Å². The molecule has 118 valence electrons. The molecule has 1 saturated heterocycles. The van der Waals surface area contributed by atoms with Crippen molar-refractivity contribution in [2.24, 2.45) is 0 Å². The molecule has 6 heteroatoms. The van der Waals surface area contributed by atoms with E-state index in [1.54, 1.807) is 18.4 Å². The number of ether oxygens (including phenoxy) is 1. The number of benzene rings is 1. The first-order valence-electron chi connectivity index (χ1n) is 7.56.